The van der Waals surface area contributed by atoms with E-state index in [-0.39, 0.29) is 29.0 Å². The van der Waals surface area contributed by atoms with Crippen LogP contribution in [0.5, 0.6) is 0 Å². The molecule has 3 aromatic rings. The monoisotopic (exact) mass is 592 g/mol. The van der Waals surface area contributed by atoms with E-state index in [0.717, 1.165) is 42.6 Å². The number of hydrogen-bond acceptors (Lipinski definition) is 6. The first-order valence-corrected chi connectivity index (χ1v) is 15.6. The smallest absolute Gasteiger partial charge is 0.349 e. The van der Waals surface area contributed by atoms with Gasteiger partial charge in [0.15, 0.2) is 5.60 Å². The molecule has 41 heavy (non-hydrogen) atoms. The molecule has 0 aliphatic heterocycles. The van der Waals surface area contributed by atoms with Crippen LogP contribution in [0.1, 0.15) is 66.9 Å². The van der Waals surface area contributed by atoms with E-state index in [1.165, 1.54) is 29.0 Å². The second-order valence-electron chi connectivity index (χ2n) is 12.8. The number of ether oxygens (including phenoxy) is 1. The average Bonchev–Trinajstić information content (AvgIpc) is 3.66. The first kappa shape index (κ1) is 27.1. The molecule has 6 nitrogen and oxygen atoms in total. The van der Waals surface area contributed by atoms with Gasteiger partial charge in [-0.2, -0.15) is 5.10 Å². The fourth-order valence-electron chi connectivity index (χ4n) is 9.13. The third-order valence-corrected chi connectivity index (χ3v) is 12.2. The first-order valence-electron chi connectivity index (χ1n) is 14.3. The summed E-state index contributed by atoms with van der Waals surface area (Å²) in [5, 5.41) is 18.0. The van der Waals surface area contributed by atoms with E-state index in [1.807, 2.05) is 23.2 Å². The zero-order valence-corrected chi connectivity index (χ0v) is 24.8. The zero-order valence-electron chi connectivity index (χ0n) is 23.0. The molecule has 0 spiro atoms. The number of rotatable bonds is 4. The van der Waals surface area contributed by atoms with Crippen molar-refractivity contribution in [2.75, 3.05) is 0 Å². The molecule has 1 N–H and O–H groups in total. The Morgan fingerprint density at radius 1 is 1.20 bits per heavy atom. The van der Waals surface area contributed by atoms with Crippen LogP contribution in [0, 0.1) is 34.4 Å². The lowest BCUT2D eigenvalue weighted by atomic mass is 9.45. The second-order valence-corrected chi connectivity index (χ2v) is 14.1. The van der Waals surface area contributed by atoms with Gasteiger partial charge in [-0.25, -0.2) is 13.9 Å². The summed E-state index contributed by atoms with van der Waals surface area (Å²) in [5.74, 6) is -0.491. The number of aliphatic hydroxyl groups excluding tert-OH is 1. The van der Waals surface area contributed by atoms with Crippen molar-refractivity contribution >= 4 is 41.1 Å². The lowest BCUT2D eigenvalue weighted by Crippen LogP contribution is -2.62. The number of thiophene rings is 1. The molecule has 1 aromatic carbocycles. The van der Waals surface area contributed by atoms with Crippen LogP contribution in [0.3, 0.4) is 0 Å². The summed E-state index contributed by atoms with van der Waals surface area (Å²) in [7, 11) is 0. The SMILES string of the molecule is CC12Cc3cnn(-c4ccc(F)cc4)c3C=C1CC[C@@H]1C2[C@@H](O)CC2(C)C1CC[C@]2(OC(=O)c1cccs1)C(=O)S. The molecule has 3 saturated carbocycles. The largest absolute Gasteiger partial charge is 0.445 e. The van der Waals surface area contributed by atoms with Crippen molar-refractivity contribution in [2.45, 2.75) is 64.1 Å². The number of allylic oxidation sites excluding steroid dienone is 1. The number of esters is 1. The number of aromatic nitrogens is 2. The van der Waals surface area contributed by atoms with Gasteiger partial charge in [0, 0.05) is 5.41 Å². The molecular formula is C32H33FN2O4S2. The molecule has 2 aromatic heterocycles. The number of carbonyl (C=O) groups is 2. The first-order chi connectivity index (χ1) is 19.6. The Balaban J connectivity index is 1.22. The molecule has 0 saturated heterocycles. The number of halogens is 1. The van der Waals surface area contributed by atoms with Gasteiger partial charge in [-0.15, -0.1) is 24.0 Å². The van der Waals surface area contributed by atoms with Crippen LogP contribution in [-0.2, 0) is 16.0 Å². The number of aliphatic hydroxyl groups is 1. The molecule has 0 radical (unpaired) electrons. The maximum absolute atomic E-state index is 13.6. The van der Waals surface area contributed by atoms with Gasteiger partial charge in [-0.3, -0.25) is 4.79 Å². The highest BCUT2D eigenvalue weighted by Crippen LogP contribution is 2.68. The van der Waals surface area contributed by atoms with Crippen molar-refractivity contribution in [3.8, 4) is 5.69 Å². The van der Waals surface area contributed by atoms with Gasteiger partial charge in [-0.05, 0) is 109 Å². The van der Waals surface area contributed by atoms with E-state index in [0.29, 0.717) is 17.7 Å². The number of hydrogen-bond donors (Lipinski definition) is 2. The quantitative estimate of drug-likeness (QED) is 0.275. The van der Waals surface area contributed by atoms with Crippen molar-refractivity contribution in [1.29, 1.82) is 0 Å². The van der Waals surface area contributed by atoms with E-state index in [2.05, 4.69) is 30.7 Å². The molecule has 4 unspecified atom stereocenters. The van der Waals surface area contributed by atoms with E-state index < -0.39 is 28.2 Å². The normalized spacial score (nSPS) is 35.5. The summed E-state index contributed by atoms with van der Waals surface area (Å²) in [4.78, 5) is 26.8. The molecule has 9 heteroatoms. The van der Waals surface area contributed by atoms with Crippen molar-refractivity contribution in [2.24, 2.45) is 28.6 Å². The third kappa shape index (κ3) is 3.81. The number of thiol groups is 1. The lowest BCUT2D eigenvalue weighted by molar-refractivity contribution is -0.174. The Hall–Kier alpha value is -2.75. The van der Waals surface area contributed by atoms with Crippen LogP contribution >= 0.6 is 24.0 Å². The second kappa shape index (κ2) is 9.38. The fourth-order valence-corrected chi connectivity index (χ4v) is 10.1. The van der Waals surface area contributed by atoms with Crippen LogP contribution in [0.15, 0.2) is 53.5 Å². The summed E-state index contributed by atoms with van der Waals surface area (Å²) in [6, 6.07) is 9.85. The minimum Gasteiger partial charge on any atom is -0.445 e. The molecule has 7 rings (SSSR count). The maximum Gasteiger partial charge on any atom is 0.349 e. The van der Waals surface area contributed by atoms with Crippen LogP contribution < -0.4 is 0 Å². The molecule has 0 bridgehead atoms. The predicted molar refractivity (Wildman–Crippen MR) is 157 cm³/mol. The average molecular weight is 593 g/mol. The number of fused-ring (bicyclic) bond motifs is 6. The molecule has 4 aliphatic rings. The lowest BCUT2D eigenvalue weighted by Gasteiger charge is -2.60. The Morgan fingerprint density at radius 2 is 1.98 bits per heavy atom. The van der Waals surface area contributed by atoms with E-state index in [1.54, 1.807) is 24.3 Å². The van der Waals surface area contributed by atoms with Gasteiger partial charge in [0.2, 0.25) is 5.12 Å². The van der Waals surface area contributed by atoms with Gasteiger partial charge < -0.3 is 9.84 Å². The van der Waals surface area contributed by atoms with Crippen LogP contribution in [-0.4, -0.2) is 37.7 Å². The van der Waals surface area contributed by atoms with E-state index in [4.69, 9.17) is 4.74 Å². The molecule has 7 atom stereocenters. The Labute approximate surface area is 248 Å². The fraction of sp³-hybridized carbons (Fsp3) is 0.469. The minimum atomic E-state index is -1.37. The molecular weight excluding hydrogens is 559 g/mol. The highest BCUT2D eigenvalue weighted by Gasteiger charge is 2.70. The summed E-state index contributed by atoms with van der Waals surface area (Å²) in [5.41, 5.74) is 1.88. The molecule has 4 aliphatic carbocycles. The Morgan fingerprint density at radius 3 is 2.68 bits per heavy atom. The number of carbonyl (C=O) groups excluding carboxylic acids is 2. The van der Waals surface area contributed by atoms with E-state index >= 15 is 0 Å². The van der Waals surface area contributed by atoms with Crippen molar-refractivity contribution in [1.82, 2.24) is 9.78 Å². The Kier molecular flexibility index (Phi) is 6.20. The molecule has 0 amide bonds. The predicted octanol–water partition coefficient (Wildman–Crippen LogP) is 6.28. The Bertz CT molecular complexity index is 1570. The van der Waals surface area contributed by atoms with Crippen molar-refractivity contribution in [3.05, 3.63) is 75.5 Å². The topological polar surface area (TPSA) is 81.4 Å². The van der Waals surface area contributed by atoms with Gasteiger partial charge in [0.05, 0.1) is 23.7 Å². The van der Waals surface area contributed by atoms with Crippen molar-refractivity contribution in [3.63, 3.8) is 0 Å². The zero-order chi connectivity index (χ0) is 28.7. The summed E-state index contributed by atoms with van der Waals surface area (Å²) < 4.78 is 21.6. The van der Waals surface area contributed by atoms with Gasteiger partial charge >= 0.3 is 5.97 Å². The highest BCUT2D eigenvalue weighted by atomic mass is 32.1. The van der Waals surface area contributed by atoms with Crippen LogP contribution in [0.25, 0.3) is 11.8 Å². The highest BCUT2D eigenvalue weighted by molar-refractivity contribution is 7.96. The van der Waals surface area contributed by atoms with Gasteiger partial charge in [-0.1, -0.05) is 25.5 Å². The minimum absolute atomic E-state index is 0.00159. The summed E-state index contributed by atoms with van der Waals surface area (Å²) in [6.07, 6.45) is 7.49. The summed E-state index contributed by atoms with van der Waals surface area (Å²) >= 11 is 5.59. The van der Waals surface area contributed by atoms with Crippen molar-refractivity contribution < 1.29 is 23.8 Å². The number of nitrogens with zero attached hydrogens (tertiary/aromatic N) is 2. The maximum atomic E-state index is 13.6. The standard InChI is InChI=1S/C32H33FN2O4S2/c1-30-15-18-17-34-35(21-8-6-20(33)7-9-21)24(18)14-19(30)5-10-22-23-11-12-32(29(38)40,31(23,2)16-25(36)27(22)30)39-28(37)26-4-3-13-41-26/h3-4,6-9,13-14,17,22-23,25,27,36H,5,10-12,15-16H2,1-2H3,(H,38,40)/t22-,23?,25-,27?,30?,31?,32-/m0/s1. The van der Waals surface area contributed by atoms with Gasteiger partial charge in [0.1, 0.15) is 10.7 Å². The molecule has 214 valence electrons. The van der Waals surface area contributed by atoms with Crippen LogP contribution in [0.2, 0.25) is 0 Å². The molecule has 3 fully saturated rings. The summed E-state index contributed by atoms with van der Waals surface area (Å²) in [6.45, 7) is 4.29. The van der Waals surface area contributed by atoms with Gasteiger partial charge in [0.25, 0.3) is 0 Å². The van der Waals surface area contributed by atoms with E-state index in [9.17, 15) is 19.1 Å². The number of benzene rings is 1. The third-order valence-electron chi connectivity index (χ3n) is 11.0. The molecule has 2 heterocycles. The van der Waals surface area contributed by atoms with Crippen LogP contribution in [0.4, 0.5) is 4.39 Å².